The van der Waals surface area contributed by atoms with Crippen LogP contribution >= 0.6 is 0 Å². The second kappa shape index (κ2) is 4.61. The summed E-state index contributed by atoms with van der Waals surface area (Å²) < 4.78 is 4.95. The lowest BCUT2D eigenvalue weighted by Crippen LogP contribution is -2.51. The molecule has 0 aromatic carbocycles. The van der Waals surface area contributed by atoms with E-state index in [0.717, 1.165) is 0 Å². The standard InChI is InChI=1S/C10H19NO4/c1-9(2,3)15-8(13)11-7(6-12)10(4,5)14/h6-7,14H,1-5H3,(H,11,13)/t7-/m0/s1. The molecule has 5 heteroatoms. The van der Waals surface area contributed by atoms with E-state index in [2.05, 4.69) is 5.32 Å². The number of alkyl carbamates (subject to hydrolysis) is 1. The van der Waals surface area contributed by atoms with Crippen LogP contribution in [0.15, 0.2) is 0 Å². The van der Waals surface area contributed by atoms with Crippen molar-refractivity contribution < 1.29 is 19.4 Å². The molecule has 0 fully saturated rings. The van der Waals surface area contributed by atoms with Crippen molar-refractivity contribution >= 4 is 12.4 Å². The fourth-order valence-corrected chi connectivity index (χ4v) is 0.812. The van der Waals surface area contributed by atoms with Gasteiger partial charge in [0.25, 0.3) is 0 Å². The molecule has 5 nitrogen and oxygen atoms in total. The molecule has 0 aliphatic carbocycles. The lowest BCUT2D eigenvalue weighted by atomic mass is 10.0. The minimum absolute atomic E-state index is 0.476. The Morgan fingerprint density at radius 3 is 2.07 bits per heavy atom. The largest absolute Gasteiger partial charge is 0.444 e. The van der Waals surface area contributed by atoms with E-state index in [1.165, 1.54) is 13.8 Å². The van der Waals surface area contributed by atoms with Crippen LogP contribution < -0.4 is 5.32 Å². The molecule has 0 rings (SSSR count). The van der Waals surface area contributed by atoms with E-state index < -0.39 is 23.3 Å². The average Bonchev–Trinajstić information content (AvgIpc) is 1.94. The molecule has 88 valence electrons. The topological polar surface area (TPSA) is 75.6 Å². The first-order valence-corrected chi connectivity index (χ1v) is 4.73. The molecule has 0 bridgehead atoms. The van der Waals surface area contributed by atoms with Crippen molar-refractivity contribution in [2.24, 2.45) is 0 Å². The predicted molar refractivity (Wildman–Crippen MR) is 55.5 cm³/mol. The van der Waals surface area contributed by atoms with Gasteiger partial charge in [-0.05, 0) is 34.6 Å². The van der Waals surface area contributed by atoms with Crippen LogP contribution in [-0.2, 0) is 9.53 Å². The number of rotatable bonds is 3. The van der Waals surface area contributed by atoms with Crippen LogP contribution in [0.2, 0.25) is 0 Å². The van der Waals surface area contributed by atoms with Crippen LogP contribution in [0.4, 0.5) is 4.79 Å². The molecule has 0 aromatic heterocycles. The fourth-order valence-electron chi connectivity index (χ4n) is 0.812. The summed E-state index contributed by atoms with van der Waals surface area (Å²) in [7, 11) is 0. The fraction of sp³-hybridized carbons (Fsp3) is 0.800. The van der Waals surface area contributed by atoms with Gasteiger partial charge in [0.15, 0.2) is 0 Å². The quantitative estimate of drug-likeness (QED) is 0.687. The number of hydrogen-bond donors (Lipinski definition) is 2. The van der Waals surface area contributed by atoms with Gasteiger partial charge in [0.1, 0.15) is 17.9 Å². The lowest BCUT2D eigenvalue weighted by molar-refractivity contribution is -0.114. The van der Waals surface area contributed by atoms with Crippen molar-refractivity contribution in [1.82, 2.24) is 5.32 Å². The molecule has 0 radical (unpaired) electrons. The minimum Gasteiger partial charge on any atom is -0.444 e. The van der Waals surface area contributed by atoms with Gasteiger partial charge in [0.05, 0.1) is 5.60 Å². The molecule has 1 atom stereocenters. The van der Waals surface area contributed by atoms with Crippen LogP contribution in [-0.4, -0.2) is 34.7 Å². The molecule has 0 aromatic rings. The zero-order chi connectivity index (χ0) is 12.3. The summed E-state index contributed by atoms with van der Waals surface area (Å²) in [6, 6.07) is -0.979. The SMILES string of the molecule is CC(C)(C)OC(=O)N[C@@H](C=O)C(C)(C)O. The highest BCUT2D eigenvalue weighted by atomic mass is 16.6. The highest BCUT2D eigenvalue weighted by Crippen LogP contribution is 2.10. The lowest BCUT2D eigenvalue weighted by Gasteiger charge is -2.27. The number of aldehydes is 1. The Labute approximate surface area is 89.8 Å². The van der Waals surface area contributed by atoms with Gasteiger partial charge >= 0.3 is 6.09 Å². The maximum Gasteiger partial charge on any atom is 0.408 e. The molecule has 0 aliphatic rings. The first-order valence-electron chi connectivity index (χ1n) is 4.73. The van der Waals surface area contributed by atoms with Crippen molar-refractivity contribution in [3.8, 4) is 0 Å². The van der Waals surface area contributed by atoms with Crippen molar-refractivity contribution in [1.29, 1.82) is 0 Å². The van der Waals surface area contributed by atoms with Crippen molar-refractivity contribution in [2.75, 3.05) is 0 Å². The number of carbonyl (C=O) groups is 2. The number of ether oxygens (including phenoxy) is 1. The molecule has 0 unspecified atom stereocenters. The summed E-state index contributed by atoms with van der Waals surface area (Å²) in [5.41, 5.74) is -1.93. The molecule has 0 heterocycles. The molecule has 15 heavy (non-hydrogen) atoms. The van der Waals surface area contributed by atoms with Crippen LogP contribution in [0.5, 0.6) is 0 Å². The third kappa shape index (κ3) is 6.06. The van der Waals surface area contributed by atoms with Gasteiger partial charge in [-0.1, -0.05) is 0 Å². The summed E-state index contributed by atoms with van der Waals surface area (Å²) >= 11 is 0. The molecule has 0 aliphatic heterocycles. The number of aliphatic hydroxyl groups is 1. The Morgan fingerprint density at radius 2 is 1.80 bits per heavy atom. The number of amides is 1. The van der Waals surface area contributed by atoms with Gasteiger partial charge in [-0.25, -0.2) is 4.79 Å². The molecule has 1 amide bonds. The molecular formula is C10H19NO4. The van der Waals surface area contributed by atoms with E-state index in [0.29, 0.717) is 6.29 Å². The summed E-state index contributed by atoms with van der Waals surface area (Å²) in [4.78, 5) is 21.9. The molecule has 2 N–H and O–H groups in total. The first kappa shape index (κ1) is 13.9. The van der Waals surface area contributed by atoms with Crippen LogP contribution in [0.25, 0.3) is 0 Å². The third-order valence-corrected chi connectivity index (χ3v) is 1.57. The molecule has 0 saturated heterocycles. The predicted octanol–water partition coefficient (Wildman–Crippen LogP) is 0.849. The second-order valence-electron chi connectivity index (χ2n) is 4.91. The van der Waals surface area contributed by atoms with Crippen LogP contribution in [0, 0.1) is 0 Å². The monoisotopic (exact) mass is 217 g/mol. The Balaban J connectivity index is 4.33. The van der Waals surface area contributed by atoms with Gasteiger partial charge in [-0.2, -0.15) is 0 Å². The molecule has 0 saturated carbocycles. The molecule has 0 spiro atoms. The van der Waals surface area contributed by atoms with E-state index in [9.17, 15) is 14.7 Å². The van der Waals surface area contributed by atoms with Gasteiger partial charge in [0, 0.05) is 0 Å². The second-order valence-corrected chi connectivity index (χ2v) is 4.91. The number of nitrogens with one attached hydrogen (secondary N) is 1. The maximum absolute atomic E-state index is 11.3. The summed E-state index contributed by atoms with van der Waals surface area (Å²) in [5, 5.41) is 11.8. The minimum atomic E-state index is -1.31. The van der Waals surface area contributed by atoms with Gasteiger partial charge < -0.3 is 20.0 Å². The van der Waals surface area contributed by atoms with Crippen molar-refractivity contribution in [3.63, 3.8) is 0 Å². The van der Waals surface area contributed by atoms with Gasteiger partial charge in [-0.15, -0.1) is 0 Å². The Kier molecular flexibility index (Phi) is 4.27. The Hall–Kier alpha value is -1.10. The number of hydrogen-bond acceptors (Lipinski definition) is 4. The number of carbonyl (C=O) groups excluding carboxylic acids is 2. The third-order valence-electron chi connectivity index (χ3n) is 1.57. The van der Waals surface area contributed by atoms with Gasteiger partial charge in [0.2, 0.25) is 0 Å². The zero-order valence-electron chi connectivity index (χ0n) is 9.83. The highest BCUT2D eigenvalue weighted by molar-refractivity contribution is 5.74. The maximum atomic E-state index is 11.3. The highest BCUT2D eigenvalue weighted by Gasteiger charge is 2.29. The van der Waals surface area contributed by atoms with E-state index in [4.69, 9.17) is 4.74 Å². The summed E-state index contributed by atoms with van der Waals surface area (Å²) in [6.07, 6.45) is -0.245. The van der Waals surface area contributed by atoms with E-state index in [1.807, 2.05) is 0 Å². The summed E-state index contributed by atoms with van der Waals surface area (Å²) in [6.45, 7) is 8.01. The van der Waals surface area contributed by atoms with Gasteiger partial charge in [-0.3, -0.25) is 0 Å². The Morgan fingerprint density at radius 1 is 1.33 bits per heavy atom. The Bertz CT molecular complexity index is 237. The summed E-state index contributed by atoms with van der Waals surface area (Å²) in [5.74, 6) is 0. The first-order chi connectivity index (χ1) is 6.56. The normalized spacial score (nSPS) is 14.3. The van der Waals surface area contributed by atoms with Crippen molar-refractivity contribution in [2.45, 2.75) is 51.9 Å². The van der Waals surface area contributed by atoms with Crippen LogP contribution in [0.3, 0.4) is 0 Å². The van der Waals surface area contributed by atoms with Crippen LogP contribution in [0.1, 0.15) is 34.6 Å². The van der Waals surface area contributed by atoms with E-state index >= 15 is 0 Å². The zero-order valence-corrected chi connectivity index (χ0v) is 9.83. The van der Waals surface area contributed by atoms with Crippen molar-refractivity contribution in [3.05, 3.63) is 0 Å². The van der Waals surface area contributed by atoms with E-state index in [1.54, 1.807) is 20.8 Å². The van der Waals surface area contributed by atoms with E-state index in [-0.39, 0.29) is 0 Å². The molecular weight excluding hydrogens is 198 g/mol. The average molecular weight is 217 g/mol. The smallest absolute Gasteiger partial charge is 0.408 e.